The highest BCUT2D eigenvalue weighted by molar-refractivity contribution is 7.98. The van der Waals surface area contributed by atoms with E-state index >= 15 is 0 Å². The van der Waals surface area contributed by atoms with Crippen molar-refractivity contribution in [3.63, 3.8) is 0 Å². The van der Waals surface area contributed by atoms with Crippen LogP contribution in [-0.2, 0) is 0 Å². The number of thioether (sulfide) groups is 1. The average molecular weight is 285 g/mol. The van der Waals surface area contributed by atoms with Gasteiger partial charge < -0.3 is 9.84 Å². The lowest BCUT2D eigenvalue weighted by molar-refractivity contribution is 0.0694. The third kappa shape index (κ3) is 2.76. The number of aromatic carboxylic acids is 1. The molecule has 0 amide bonds. The molecule has 1 N–H and O–H groups in total. The highest BCUT2D eigenvalue weighted by Gasteiger charge is 2.14. The first-order chi connectivity index (χ1) is 9.67. The smallest absolute Gasteiger partial charge is 0.339 e. The summed E-state index contributed by atoms with van der Waals surface area (Å²) in [6.07, 6.45) is 1.87. The van der Waals surface area contributed by atoms with E-state index in [1.807, 2.05) is 12.3 Å². The van der Waals surface area contributed by atoms with E-state index in [-0.39, 0.29) is 11.3 Å². The Morgan fingerprint density at radius 1 is 1.20 bits per heavy atom. The Hall–Kier alpha value is -2.45. The molecule has 0 saturated carbocycles. The molecule has 0 unspecified atom stereocenters. The molecule has 0 radical (unpaired) electrons. The summed E-state index contributed by atoms with van der Waals surface area (Å²) in [4.78, 5) is 11.9. The van der Waals surface area contributed by atoms with Gasteiger partial charge in [-0.25, -0.2) is 4.79 Å². The second kappa shape index (κ2) is 6.13. The van der Waals surface area contributed by atoms with Gasteiger partial charge in [-0.3, -0.25) is 0 Å². The molecule has 0 saturated heterocycles. The summed E-state index contributed by atoms with van der Waals surface area (Å²) in [5, 5.41) is 18.3. The highest BCUT2D eigenvalue weighted by Crippen LogP contribution is 2.32. The van der Waals surface area contributed by atoms with Gasteiger partial charge in [0.15, 0.2) is 0 Å². The van der Waals surface area contributed by atoms with Gasteiger partial charge in [0.25, 0.3) is 0 Å². The molecule has 20 heavy (non-hydrogen) atoms. The predicted octanol–water partition coefficient (Wildman–Crippen LogP) is 3.77. The van der Waals surface area contributed by atoms with Crippen molar-refractivity contribution in [2.75, 3.05) is 6.26 Å². The van der Waals surface area contributed by atoms with Crippen molar-refractivity contribution in [2.45, 2.75) is 4.90 Å². The Labute approximate surface area is 120 Å². The third-order valence-corrected chi connectivity index (χ3v) is 3.44. The van der Waals surface area contributed by atoms with Gasteiger partial charge in [0.05, 0.1) is 0 Å². The first-order valence-electron chi connectivity index (χ1n) is 5.74. The maximum Gasteiger partial charge on any atom is 0.339 e. The molecule has 0 aliphatic rings. The number of ether oxygens (including phenoxy) is 1. The standard InChI is InChI=1S/C15H11NO3S/c1-20-14-8-4-7-13(11(14)9-16)19-12-6-3-2-5-10(12)15(17)18/h2-8H,1H3,(H,17,18). The fourth-order valence-electron chi connectivity index (χ4n) is 1.73. The molecule has 4 nitrogen and oxygen atoms in total. The second-order valence-corrected chi connectivity index (χ2v) is 4.70. The first kappa shape index (κ1) is 14.0. The Morgan fingerprint density at radius 3 is 2.55 bits per heavy atom. The Balaban J connectivity index is 2.46. The predicted molar refractivity (Wildman–Crippen MR) is 76.4 cm³/mol. The van der Waals surface area contributed by atoms with E-state index in [0.29, 0.717) is 11.3 Å². The number of benzene rings is 2. The Kier molecular flexibility index (Phi) is 4.28. The quantitative estimate of drug-likeness (QED) is 0.866. The molecule has 0 spiro atoms. The summed E-state index contributed by atoms with van der Waals surface area (Å²) < 4.78 is 5.62. The van der Waals surface area contributed by atoms with Crippen LogP contribution in [0.5, 0.6) is 11.5 Å². The topological polar surface area (TPSA) is 70.3 Å². The molecule has 0 aliphatic heterocycles. The minimum Gasteiger partial charge on any atom is -0.478 e. The van der Waals surface area contributed by atoms with Gasteiger partial charge >= 0.3 is 5.97 Å². The number of carboxylic acids is 1. The van der Waals surface area contributed by atoms with E-state index < -0.39 is 5.97 Å². The van der Waals surface area contributed by atoms with E-state index in [0.717, 1.165) is 4.90 Å². The van der Waals surface area contributed by atoms with Crippen molar-refractivity contribution in [1.82, 2.24) is 0 Å². The number of nitriles is 1. The van der Waals surface area contributed by atoms with Crippen molar-refractivity contribution in [1.29, 1.82) is 5.26 Å². The molecular weight excluding hydrogens is 274 g/mol. The zero-order chi connectivity index (χ0) is 14.5. The molecule has 2 aromatic rings. The summed E-state index contributed by atoms with van der Waals surface area (Å²) in [7, 11) is 0. The molecule has 0 fully saturated rings. The number of para-hydroxylation sites is 1. The Bertz CT molecular complexity index is 692. The van der Waals surface area contributed by atoms with Gasteiger partial charge in [0.2, 0.25) is 0 Å². The molecule has 0 aromatic heterocycles. The third-order valence-electron chi connectivity index (χ3n) is 2.66. The number of carbonyl (C=O) groups is 1. The molecule has 2 rings (SSSR count). The average Bonchev–Trinajstić information content (AvgIpc) is 2.47. The van der Waals surface area contributed by atoms with Gasteiger partial charge in [-0.15, -0.1) is 11.8 Å². The summed E-state index contributed by atoms with van der Waals surface area (Å²) in [6, 6.07) is 13.7. The van der Waals surface area contributed by atoms with Crippen molar-refractivity contribution in [2.24, 2.45) is 0 Å². The largest absolute Gasteiger partial charge is 0.478 e. The number of carboxylic acid groups (broad SMARTS) is 1. The molecular formula is C15H11NO3S. The fourth-order valence-corrected chi connectivity index (χ4v) is 2.29. The maximum absolute atomic E-state index is 11.1. The van der Waals surface area contributed by atoms with E-state index in [4.69, 9.17) is 9.84 Å². The van der Waals surface area contributed by atoms with Crippen LogP contribution in [0.1, 0.15) is 15.9 Å². The van der Waals surface area contributed by atoms with Gasteiger partial charge in [-0.1, -0.05) is 18.2 Å². The van der Waals surface area contributed by atoms with Gasteiger partial charge in [-0.2, -0.15) is 5.26 Å². The van der Waals surface area contributed by atoms with Crippen LogP contribution in [0.4, 0.5) is 0 Å². The normalized spacial score (nSPS) is 9.80. The van der Waals surface area contributed by atoms with Crippen LogP contribution < -0.4 is 4.74 Å². The van der Waals surface area contributed by atoms with Crippen LogP contribution >= 0.6 is 11.8 Å². The van der Waals surface area contributed by atoms with Gasteiger partial charge in [0, 0.05) is 4.90 Å². The SMILES string of the molecule is CSc1cccc(Oc2ccccc2C(=O)O)c1C#N. The summed E-state index contributed by atoms with van der Waals surface area (Å²) >= 11 is 1.44. The van der Waals surface area contributed by atoms with Gasteiger partial charge in [0.1, 0.15) is 28.7 Å². The summed E-state index contributed by atoms with van der Waals surface area (Å²) in [5.74, 6) is -0.497. The van der Waals surface area contributed by atoms with Crippen LogP contribution in [0, 0.1) is 11.3 Å². The molecule has 5 heteroatoms. The number of hydrogen-bond acceptors (Lipinski definition) is 4. The fraction of sp³-hybridized carbons (Fsp3) is 0.0667. The zero-order valence-corrected chi connectivity index (χ0v) is 11.5. The molecule has 0 aliphatic carbocycles. The molecule has 0 atom stereocenters. The van der Waals surface area contributed by atoms with E-state index in [1.54, 1.807) is 30.3 Å². The summed E-state index contributed by atoms with van der Waals surface area (Å²) in [6.45, 7) is 0. The molecule has 2 aromatic carbocycles. The van der Waals surface area contributed by atoms with Crippen LogP contribution in [0.2, 0.25) is 0 Å². The molecule has 100 valence electrons. The monoisotopic (exact) mass is 285 g/mol. The van der Waals surface area contributed by atoms with E-state index in [2.05, 4.69) is 6.07 Å². The number of hydrogen-bond donors (Lipinski definition) is 1. The summed E-state index contributed by atoms with van der Waals surface area (Å²) in [5.41, 5.74) is 0.464. The lowest BCUT2D eigenvalue weighted by Crippen LogP contribution is -2.00. The minimum absolute atomic E-state index is 0.0611. The lowest BCUT2D eigenvalue weighted by Gasteiger charge is -2.11. The van der Waals surface area contributed by atoms with Crippen LogP contribution in [-0.4, -0.2) is 17.3 Å². The van der Waals surface area contributed by atoms with E-state index in [1.165, 1.54) is 17.8 Å². The molecule has 0 bridgehead atoms. The lowest BCUT2D eigenvalue weighted by atomic mass is 10.2. The number of nitrogens with zero attached hydrogens (tertiary/aromatic N) is 1. The van der Waals surface area contributed by atoms with Crippen molar-refractivity contribution in [3.8, 4) is 17.6 Å². The van der Waals surface area contributed by atoms with Crippen LogP contribution in [0.3, 0.4) is 0 Å². The maximum atomic E-state index is 11.1. The Morgan fingerprint density at radius 2 is 1.90 bits per heavy atom. The number of rotatable bonds is 4. The molecule has 0 heterocycles. The minimum atomic E-state index is -1.07. The second-order valence-electron chi connectivity index (χ2n) is 3.85. The van der Waals surface area contributed by atoms with Gasteiger partial charge in [-0.05, 0) is 30.5 Å². The van der Waals surface area contributed by atoms with E-state index in [9.17, 15) is 10.1 Å². The van der Waals surface area contributed by atoms with Crippen molar-refractivity contribution < 1.29 is 14.6 Å². The zero-order valence-electron chi connectivity index (χ0n) is 10.7. The first-order valence-corrected chi connectivity index (χ1v) is 6.97. The van der Waals surface area contributed by atoms with Crippen molar-refractivity contribution in [3.05, 3.63) is 53.6 Å². The van der Waals surface area contributed by atoms with Crippen LogP contribution in [0.25, 0.3) is 0 Å². The van der Waals surface area contributed by atoms with Crippen molar-refractivity contribution >= 4 is 17.7 Å². The van der Waals surface area contributed by atoms with Crippen LogP contribution in [0.15, 0.2) is 47.4 Å². The highest BCUT2D eigenvalue weighted by atomic mass is 32.2.